The second kappa shape index (κ2) is 6.82. The summed E-state index contributed by atoms with van der Waals surface area (Å²) in [5.41, 5.74) is 7.65. The third-order valence-electron chi connectivity index (χ3n) is 4.31. The number of anilines is 1. The van der Waals surface area contributed by atoms with E-state index >= 15 is 0 Å². The van der Waals surface area contributed by atoms with Gasteiger partial charge in [0.2, 0.25) is 0 Å². The maximum atomic E-state index is 13.1. The zero-order valence-corrected chi connectivity index (χ0v) is 15.4. The van der Waals surface area contributed by atoms with Crippen LogP contribution in [0.25, 0.3) is 22.0 Å². The van der Waals surface area contributed by atoms with E-state index in [-0.39, 0.29) is 10.6 Å². The van der Waals surface area contributed by atoms with E-state index in [0.29, 0.717) is 22.2 Å². The molecule has 1 aromatic heterocycles. The second-order valence-corrected chi connectivity index (χ2v) is 7.82. The van der Waals surface area contributed by atoms with E-state index in [0.717, 1.165) is 5.56 Å². The van der Waals surface area contributed by atoms with Gasteiger partial charge in [0.1, 0.15) is 0 Å². The fourth-order valence-corrected chi connectivity index (χ4v) is 4.31. The molecule has 7 nitrogen and oxygen atoms in total. The molecule has 0 bridgehead atoms. The van der Waals surface area contributed by atoms with Crippen molar-refractivity contribution in [1.29, 1.82) is 0 Å². The Morgan fingerprint density at radius 3 is 2.43 bits per heavy atom. The fourth-order valence-electron chi connectivity index (χ4n) is 3.03. The van der Waals surface area contributed by atoms with Gasteiger partial charge in [0.15, 0.2) is 5.69 Å². The molecule has 0 saturated carbocycles. The van der Waals surface area contributed by atoms with Crippen LogP contribution in [0.2, 0.25) is 0 Å². The van der Waals surface area contributed by atoms with Crippen molar-refractivity contribution in [2.24, 2.45) is 5.73 Å². The molecule has 4 N–H and O–H groups in total. The maximum absolute atomic E-state index is 13.1. The summed E-state index contributed by atoms with van der Waals surface area (Å²) >= 11 is 0. The van der Waals surface area contributed by atoms with Gasteiger partial charge in [-0.3, -0.25) is 14.6 Å². The van der Waals surface area contributed by atoms with E-state index < -0.39 is 15.9 Å². The number of primary amides is 1. The summed E-state index contributed by atoms with van der Waals surface area (Å²) in [4.78, 5) is 11.7. The van der Waals surface area contributed by atoms with E-state index in [1.165, 1.54) is 6.07 Å². The lowest BCUT2D eigenvalue weighted by atomic mass is 10.1. The molecule has 0 saturated heterocycles. The molecule has 1 heterocycles. The van der Waals surface area contributed by atoms with Crippen LogP contribution in [-0.4, -0.2) is 24.5 Å². The number of nitrogens with one attached hydrogen (secondary N) is 2. The smallest absolute Gasteiger partial charge is 0.269 e. The van der Waals surface area contributed by atoms with E-state index in [2.05, 4.69) is 14.9 Å². The first-order valence-electron chi connectivity index (χ1n) is 8.41. The number of amides is 1. The van der Waals surface area contributed by atoms with Crippen LogP contribution in [-0.2, 0) is 10.0 Å². The zero-order valence-electron chi connectivity index (χ0n) is 14.6. The van der Waals surface area contributed by atoms with Crippen LogP contribution in [0, 0.1) is 0 Å². The van der Waals surface area contributed by atoms with Crippen LogP contribution >= 0.6 is 0 Å². The number of fused-ring (bicyclic) bond motifs is 1. The van der Waals surface area contributed by atoms with Crippen molar-refractivity contribution in [3.63, 3.8) is 0 Å². The molecular formula is C20H16N4O3S. The molecule has 8 heteroatoms. The summed E-state index contributed by atoms with van der Waals surface area (Å²) in [6.45, 7) is 0. The van der Waals surface area contributed by atoms with Crippen LogP contribution in [0.3, 0.4) is 0 Å². The molecule has 1 amide bonds. The van der Waals surface area contributed by atoms with Gasteiger partial charge in [-0.2, -0.15) is 5.10 Å². The van der Waals surface area contributed by atoms with Gasteiger partial charge in [0.05, 0.1) is 10.4 Å². The van der Waals surface area contributed by atoms with Gasteiger partial charge in [-0.1, -0.05) is 48.5 Å². The number of benzene rings is 3. The van der Waals surface area contributed by atoms with Crippen molar-refractivity contribution in [3.8, 4) is 11.1 Å². The molecular weight excluding hydrogens is 376 g/mol. The monoisotopic (exact) mass is 392 g/mol. The van der Waals surface area contributed by atoms with Crippen LogP contribution in [0.1, 0.15) is 10.5 Å². The minimum Gasteiger partial charge on any atom is -0.364 e. The van der Waals surface area contributed by atoms with Gasteiger partial charge >= 0.3 is 0 Å². The van der Waals surface area contributed by atoms with E-state index in [4.69, 9.17) is 5.73 Å². The molecule has 0 atom stereocenters. The average molecular weight is 392 g/mol. The Bertz CT molecular complexity index is 1280. The Morgan fingerprint density at radius 1 is 0.964 bits per heavy atom. The topological polar surface area (TPSA) is 118 Å². The number of rotatable bonds is 5. The van der Waals surface area contributed by atoms with E-state index in [9.17, 15) is 13.2 Å². The molecule has 0 unspecified atom stereocenters. The molecule has 0 radical (unpaired) electrons. The zero-order chi connectivity index (χ0) is 19.7. The first-order chi connectivity index (χ1) is 13.5. The van der Waals surface area contributed by atoms with E-state index in [1.807, 2.05) is 30.3 Å². The first-order valence-corrected chi connectivity index (χ1v) is 9.89. The number of aromatic amines is 1. The minimum atomic E-state index is -3.87. The molecule has 140 valence electrons. The molecule has 0 aliphatic heterocycles. The maximum Gasteiger partial charge on any atom is 0.269 e. The molecule has 3 aromatic carbocycles. The summed E-state index contributed by atoms with van der Waals surface area (Å²) in [6, 6.07) is 20.8. The summed E-state index contributed by atoms with van der Waals surface area (Å²) in [5, 5.41) is 7.01. The van der Waals surface area contributed by atoms with Gasteiger partial charge in [-0.15, -0.1) is 0 Å². The number of carbonyl (C=O) groups is 1. The first kappa shape index (κ1) is 17.7. The highest BCUT2D eigenvalue weighted by atomic mass is 32.2. The molecule has 0 aliphatic rings. The van der Waals surface area contributed by atoms with Crippen LogP contribution in [0.15, 0.2) is 77.7 Å². The lowest BCUT2D eigenvalue weighted by molar-refractivity contribution is 0.0997. The number of nitrogens with zero attached hydrogens (tertiary/aromatic N) is 1. The fraction of sp³-hybridized carbons (Fsp3) is 0. The number of sulfonamides is 1. The van der Waals surface area contributed by atoms with Crippen molar-refractivity contribution in [1.82, 2.24) is 10.2 Å². The third kappa shape index (κ3) is 3.21. The molecule has 28 heavy (non-hydrogen) atoms. The number of nitrogens with two attached hydrogens (primary N) is 1. The normalized spacial score (nSPS) is 11.4. The Labute approximate surface area is 161 Å². The predicted octanol–water partition coefficient (Wildman–Crippen LogP) is 3.13. The second-order valence-electron chi connectivity index (χ2n) is 6.16. The van der Waals surface area contributed by atoms with Gasteiger partial charge in [0.25, 0.3) is 15.9 Å². The predicted molar refractivity (Wildman–Crippen MR) is 107 cm³/mol. The number of hydrogen-bond acceptors (Lipinski definition) is 4. The summed E-state index contributed by atoms with van der Waals surface area (Å²) in [7, 11) is -3.87. The van der Waals surface area contributed by atoms with E-state index in [1.54, 1.807) is 36.4 Å². The van der Waals surface area contributed by atoms with Crippen LogP contribution in [0.5, 0.6) is 0 Å². The Balaban J connectivity index is 1.76. The Hall–Kier alpha value is -3.65. The third-order valence-corrected chi connectivity index (χ3v) is 5.75. The standard InChI is InChI=1S/C20H16N4O3S/c21-20(25)19-16-12-14(10-11-17(16)22-23-19)24-28(26,27)18-9-5-4-8-15(18)13-6-2-1-3-7-13/h1-12,24H,(H2,21,25)(H,22,23). The van der Waals surface area contributed by atoms with Gasteiger partial charge in [0, 0.05) is 16.6 Å². The van der Waals surface area contributed by atoms with Crippen molar-refractivity contribution >= 4 is 32.5 Å². The number of hydrogen-bond donors (Lipinski definition) is 3. The Morgan fingerprint density at radius 2 is 1.68 bits per heavy atom. The number of carbonyl (C=O) groups excluding carboxylic acids is 1. The molecule has 0 spiro atoms. The summed E-state index contributed by atoms with van der Waals surface area (Å²) in [5.74, 6) is -0.694. The lowest BCUT2D eigenvalue weighted by Gasteiger charge is -2.12. The van der Waals surface area contributed by atoms with Crippen LogP contribution in [0.4, 0.5) is 5.69 Å². The highest BCUT2D eigenvalue weighted by Gasteiger charge is 2.20. The minimum absolute atomic E-state index is 0.0562. The highest BCUT2D eigenvalue weighted by Crippen LogP contribution is 2.29. The van der Waals surface area contributed by atoms with Gasteiger partial charge < -0.3 is 5.73 Å². The van der Waals surface area contributed by atoms with Gasteiger partial charge in [-0.05, 0) is 29.8 Å². The summed E-state index contributed by atoms with van der Waals surface area (Å²) < 4.78 is 28.7. The SMILES string of the molecule is NC(=O)c1n[nH]c2ccc(NS(=O)(=O)c3ccccc3-c3ccccc3)cc12. The largest absolute Gasteiger partial charge is 0.364 e. The molecule has 0 aliphatic carbocycles. The Kier molecular flexibility index (Phi) is 4.32. The molecule has 4 rings (SSSR count). The van der Waals surface area contributed by atoms with Crippen molar-refractivity contribution in [3.05, 3.63) is 78.5 Å². The van der Waals surface area contributed by atoms with Crippen molar-refractivity contribution < 1.29 is 13.2 Å². The van der Waals surface area contributed by atoms with Crippen LogP contribution < -0.4 is 10.5 Å². The highest BCUT2D eigenvalue weighted by molar-refractivity contribution is 7.92. The quantitative estimate of drug-likeness (QED) is 0.483. The molecule has 4 aromatic rings. The number of H-pyrrole nitrogens is 1. The number of aromatic nitrogens is 2. The van der Waals surface area contributed by atoms with Crippen molar-refractivity contribution in [2.45, 2.75) is 4.90 Å². The van der Waals surface area contributed by atoms with Crippen molar-refractivity contribution in [2.75, 3.05) is 4.72 Å². The summed E-state index contributed by atoms with van der Waals surface area (Å²) in [6.07, 6.45) is 0. The average Bonchev–Trinajstić information content (AvgIpc) is 3.12. The molecule has 0 fully saturated rings. The van der Waals surface area contributed by atoms with Gasteiger partial charge in [-0.25, -0.2) is 8.42 Å². The lowest BCUT2D eigenvalue weighted by Crippen LogP contribution is -2.14.